The van der Waals surface area contributed by atoms with E-state index < -0.39 is 15.4 Å². The molecule has 7 nitrogen and oxygen atoms in total. The third-order valence-corrected chi connectivity index (χ3v) is 5.47. The first kappa shape index (κ1) is 18.2. The Hall–Kier alpha value is -2.58. The van der Waals surface area contributed by atoms with Crippen molar-refractivity contribution in [3.05, 3.63) is 42.2 Å². The fourth-order valence-corrected chi connectivity index (χ4v) is 3.26. The first-order valence-electron chi connectivity index (χ1n) is 8.06. The molecule has 0 aliphatic heterocycles. The summed E-state index contributed by atoms with van der Waals surface area (Å²) in [5, 5.41) is 0. The average Bonchev–Trinajstić information content (AvgIpc) is 3.03. The molecule has 2 heterocycles. The SMILES string of the molecule is CNS(=O)(=O)c1ccc(-c2cnc3[nH]cc(C(=O)C(C)(C)C)c3n2)cc1. The Labute approximate surface area is 151 Å². The highest BCUT2D eigenvalue weighted by Gasteiger charge is 2.26. The number of aromatic nitrogens is 3. The zero-order valence-corrected chi connectivity index (χ0v) is 15.8. The average molecular weight is 372 g/mol. The number of carbonyl (C=O) groups is 1. The van der Waals surface area contributed by atoms with Crippen molar-refractivity contribution >= 4 is 27.0 Å². The predicted molar refractivity (Wildman–Crippen MR) is 99.4 cm³/mol. The molecule has 0 aliphatic rings. The molecule has 0 amide bonds. The van der Waals surface area contributed by atoms with Crippen molar-refractivity contribution in [1.29, 1.82) is 0 Å². The molecule has 0 atom stereocenters. The van der Waals surface area contributed by atoms with Crippen LogP contribution in [-0.4, -0.2) is 36.2 Å². The number of benzene rings is 1. The first-order chi connectivity index (χ1) is 12.1. The van der Waals surface area contributed by atoms with Gasteiger partial charge in [0.1, 0.15) is 5.52 Å². The van der Waals surface area contributed by atoms with Gasteiger partial charge in [-0.25, -0.2) is 23.1 Å². The number of rotatable bonds is 4. The van der Waals surface area contributed by atoms with Crippen LogP contribution in [0.2, 0.25) is 0 Å². The summed E-state index contributed by atoms with van der Waals surface area (Å²) in [6.07, 6.45) is 3.22. The van der Waals surface area contributed by atoms with Crippen LogP contribution in [0, 0.1) is 5.41 Å². The standard InChI is InChI=1S/C18H20N4O3S/c1-18(2,3)16(23)13-9-20-17-15(13)22-14(10-21-17)11-5-7-12(8-6-11)26(24,25)19-4/h5-10,19H,1-4H3,(H,20,21). The lowest BCUT2D eigenvalue weighted by Crippen LogP contribution is -2.20. The van der Waals surface area contributed by atoms with Crippen LogP contribution in [0.25, 0.3) is 22.4 Å². The Kier molecular flexibility index (Phi) is 4.41. The second kappa shape index (κ2) is 6.30. The number of hydrogen-bond acceptors (Lipinski definition) is 5. The summed E-state index contributed by atoms with van der Waals surface area (Å²) in [7, 11) is -2.13. The number of carbonyl (C=O) groups excluding carboxylic acids is 1. The van der Waals surface area contributed by atoms with Gasteiger partial charge in [-0.2, -0.15) is 0 Å². The number of ketones is 1. The van der Waals surface area contributed by atoms with E-state index >= 15 is 0 Å². The number of sulfonamides is 1. The molecule has 2 aromatic heterocycles. The van der Waals surface area contributed by atoms with E-state index in [0.29, 0.717) is 28.0 Å². The molecule has 1 aromatic carbocycles. The van der Waals surface area contributed by atoms with E-state index in [4.69, 9.17) is 0 Å². The van der Waals surface area contributed by atoms with Crippen molar-refractivity contribution in [1.82, 2.24) is 19.7 Å². The summed E-state index contributed by atoms with van der Waals surface area (Å²) in [6, 6.07) is 6.34. The molecule has 136 valence electrons. The van der Waals surface area contributed by atoms with Crippen LogP contribution in [-0.2, 0) is 10.0 Å². The Morgan fingerprint density at radius 3 is 2.38 bits per heavy atom. The van der Waals surface area contributed by atoms with Crippen molar-refractivity contribution < 1.29 is 13.2 Å². The fourth-order valence-electron chi connectivity index (χ4n) is 2.53. The molecule has 2 N–H and O–H groups in total. The van der Waals surface area contributed by atoms with Crippen LogP contribution >= 0.6 is 0 Å². The van der Waals surface area contributed by atoms with Gasteiger partial charge in [0.25, 0.3) is 0 Å². The highest BCUT2D eigenvalue weighted by molar-refractivity contribution is 7.89. The molecular formula is C18H20N4O3S. The van der Waals surface area contributed by atoms with Crippen LogP contribution in [0.3, 0.4) is 0 Å². The summed E-state index contributed by atoms with van der Waals surface area (Å²) < 4.78 is 25.9. The molecule has 0 unspecified atom stereocenters. The van der Waals surface area contributed by atoms with Crippen LogP contribution in [0.5, 0.6) is 0 Å². The van der Waals surface area contributed by atoms with Gasteiger partial charge >= 0.3 is 0 Å². The van der Waals surface area contributed by atoms with Crippen molar-refractivity contribution in [2.75, 3.05) is 7.05 Å². The number of aromatic amines is 1. The molecule has 3 aromatic rings. The maximum Gasteiger partial charge on any atom is 0.240 e. The Balaban J connectivity index is 2.05. The van der Waals surface area contributed by atoms with Gasteiger partial charge in [0, 0.05) is 17.2 Å². The summed E-state index contributed by atoms with van der Waals surface area (Å²) in [6.45, 7) is 5.56. The number of nitrogens with one attached hydrogen (secondary N) is 2. The minimum absolute atomic E-state index is 0.0225. The number of H-pyrrole nitrogens is 1. The van der Waals surface area contributed by atoms with Gasteiger partial charge in [0.15, 0.2) is 11.4 Å². The highest BCUT2D eigenvalue weighted by atomic mass is 32.2. The predicted octanol–water partition coefficient (Wildman–Crippen LogP) is 2.76. The molecule has 0 bridgehead atoms. The van der Waals surface area contributed by atoms with Crippen molar-refractivity contribution in [2.24, 2.45) is 5.41 Å². The van der Waals surface area contributed by atoms with E-state index in [1.165, 1.54) is 19.2 Å². The maximum atomic E-state index is 12.6. The van der Waals surface area contributed by atoms with Gasteiger partial charge in [-0.1, -0.05) is 32.9 Å². The largest absolute Gasteiger partial charge is 0.344 e. The quantitative estimate of drug-likeness (QED) is 0.685. The van der Waals surface area contributed by atoms with Gasteiger partial charge in [-0.3, -0.25) is 4.79 Å². The zero-order valence-electron chi connectivity index (χ0n) is 15.0. The van der Waals surface area contributed by atoms with Crippen molar-refractivity contribution in [2.45, 2.75) is 25.7 Å². The zero-order chi connectivity index (χ0) is 19.1. The molecule has 0 radical (unpaired) electrons. The van der Waals surface area contributed by atoms with Crippen molar-refractivity contribution in [3.8, 4) is 11.3 Å². The van der Waals surface area contributed by atoms with Crippen LogP contribution in [0.15, 0.2) is 41.6 Å². The summed E-state index contributed by atoms with van der Waals surface area (Å²) in [4.78, 5) is 24.7. The molecule has 8 heteroatoms. The molecule has 0 fully saturated rings. The lowest BCUT2D eigenvalue weighted by Gasteiger charge is -2.15. The van der Waals surface area contributed by atoms with Gasteiger partial charge < -0.3 is 4.98 Å². The van der Waals surface area contributed by atoms with E-state index in [2.05, 4.69) is 19.7 Å². The van der Waals surface area contributed by atoms with Crippen LogP contribution < -0.4 is 4.72 Å². The van der Waals surface area contributed by atoms with E-state index in [1.54, 1.807) is 24.5 Å². The third-order valence-electron chi connectivity index (χ3n) is 4.04. The smallest absolute Gasteiger partial charge is 0.240 e. The van der Waals surface area contributed by atoms with Crippen molar-refractivity contribution in [3.63, 3.8) is 0 Å². The number of fused-ring (bicyclic) bond motifs is 1. The number of Topliss-reactive ketones (excluding diaryl/α,β-unsaturated/α-hetero) is 1. The Bertz CT molecular complexity index is 1080. The Morgan fingerprint density at radius 2 is 1.81 bits per heavy atom. The lowest BCUT2D eigenvalue weighted by atomic mass is 9.87. The van der Waals surface area contributed by atoms with Crippen LogP contribution in [0.4, 0.5) is 0 Å². The molecule has 3 rings (SSSR count). The summed E-state index contributed by atoms with van der Waals surface area (Å²) in [5.41, 5.74) is 2.29. The molecule has 0 saturated heterocycles. The maximum absolute atomic E-state index is 12.6. The molecule has 0 saturated carbocycles. The molecule has 0 spiro atoms. The van der Waals surface area contributed by atoms with E-state index in [-0.39, 0.29) is 10.7 Å². The summed E-state index contributed by atoms with van der Waals surface area (Å²) in [5.74, 6) is -0.0225. The lowest BCUT2D eigenvalue weighted by molar-refractivity contribution is 0.0860. The van der Waals surface area contributed by atoms with E-state index in [0.717, 1.165) is 0 Å². The minimum Gasteiger partial charge on any atom is -0.344 e. The van der Waals surface area contributed by atoms with Gasteiger partial charge in [-0.05, 0) is 19.2 Å². The van der Waals surface area contributed by atoms with E-state index in [9.17, 15) is 13.2 Å². The Morgan fingerprint density at radius 1 is 1.15 bits per heavy atom. The highest BCUT2D eigenvalue weighted by Crippen LogP contribution is 2.27. The third kappa shape index (κ3) is 3.25. The number of nitrogens with zero attached hydrogens (tertiary/aromatic N) is 2. The minimum atomic E-state index is -3.49. The van der Waals surface area contributed by atoms with E-state index in [1.807, 2.05) is 20.8 Å². The topological polar surface area (TPSA) is 105 Å². The second-order valence-corrected chi connectivity index (χ2v) is 8.85. The second-order valence-electron chi connectivity index (χ2n) is 6.97. The number of hydrogen-bond donors (Lipinski definition) is 2. The first-order valence-corrected chi connectivity index (χ1v) is 9.55. The monoisotopic (exact) mass is 372 g/mol. The fraction of sp³-hybridized carbons (Fsp3) is 0.278. The van der Waals surface area contributed by atoms with Gasteiger partial charge in [0.2, 0.25) is 10.0 Å². The van der Waals surface area contributed by atoms with Crippen LogP contribution in [0.1, 0.15) is 31.1 Å². The molecular weight excluding hydrogens is 352 g/mol. The molecule has 0 aliphatic carbocycles. The summed E-state index contributed by atoms with van der Waals surface area (Å²) >= 11 is 0. The van der Waals surface area contributed by atoms with Gasteiger partial charge in [0.05, 0.1) is 22.3 Å². The molecule has 26 heavy (non-hydrogen) atoms. The normalized spacial score (nSPS) is 12.5. The van der Waals surface area contributed by atoms with Gasteiger partial charge in [-0.15, -0.1) is 0 Å².